The van der Waals surface area contributed by atoms with E-state index in [0.29, 0.717) is 5.56 Å². The molecule has 3 nitrogen and oxygen atoms in total. The lowest BCUT2D eigenvalue weighted by molar-refractivity contribution is -0.121. The van der Waals surface area contributed by atoms with Crippen LogP contribution in [0.2, 0.25) is 0 Å². The molecule has 1 amide bonds. The van der Waals surface area contributed by atoms with Gasteiger partial charge >= 0.3 is 0 Å². The average Bonchev–Trinajstić information content (AvgIpc) is 2.51. The molecule has 2 aromatic carbocycles. The summed E-state index contributed by atoms with van der Waals surface area (Å²) in [6.45, 7) is 1.56. The van der Waals surface area contributed by atoms with E-state index < -0.39 is 35.5 Å². The predicted molar refractivity (Wildman–Crippen MR) is 79.0 cm³/mol. The third-order valence-corrected chi connectivity index (χ3v) is 3.43. The molecule has 2 rings (SSSR count). The summed E-state index contributed by atoms with van der Waals surface area (Å²) in [4.78, 5) is 11.9. The number of hydrogen-bond donors (Lipinski definition) is 2. The molecule has 0 saturated heterocycles. The predicted octanol–water partition coefficient (Wildman–Crippen LogP) is 2.88. The van der Waals surface area contributed by atoms with Crippen molar-refractivity contribution < 1.29 is 23.1 Å². The molecule has 0 radical (unpaired) electrons. The third-order valence-electron chi connectivity index (χ3n) is 3.43. The first-order valence-corrected chi connectivity index (χ1v) is 7.03. The van der Waals surface area contributed by atoms with E-state index >= 15 is 0 Å². The number of aliphatic hydroxyl groups excluding tert-OH is 1. The lowest BCUT2D eigenvalue weighted by atomic mass is 10.0. The second-order valence-electron chi connectivity index (χ2n) is 5.27. The largest absolute Gasteiger partial charge is 0.386 e. The number of rotatable bonds is 5. The summed E-state index contributed by atoms with van der Waals surface area (Å²) in [5, 5.41) is 12.6. The Hall–Kier alpha value is -2.34. The van der Waals surface area contributed by atoms with Gasteiger partial charge in [-0.15, -0.1) is 0 Å². The van der Waals surface area contributed by atoms with E-state index in [-0.39, 0.29) is 12.0 Å². The Morgan fingerprint density at radius 1 is 1.09 bits per heavy atom. The van der Waals surface area contributed by atoms with Crippen LogP contribution in [0.25, 0.3) is 0 Å². The molecule has 0 bridgehead atoms. The minimum Gasteiger partial charge on any atom is -0.386 e. The second kappa shape index (κ2) is 7.28. The van der Waals surface area contributed by atoms with Gasteiger partial charge in [0, 0.05) is 5.56 Å². The van der Waals surface area contributed by atoms with Gasteiger partial charge in [0.2, 0.25) is 5.91 Å². The molecule has 2 aromatic rings. The van der Waals surface area contributed by atoms with Gasteiger partial charge in [-0.3, -0.25) is 4.79 Å². The number of amides is 1. The molecular formula is C17H16F3NO2. The molecule has 2 unspecified atom stereocenters. The fourth-order valence-corrected chi connectivity index (χ4v) is 2.18. The molecule has 0 spiro atoms. The van der Waals surface area contributed by atoms with Crippen molar-refractivity contribution in [2.45, 2.75) is 25.5 Å². The van der Waals surface area contributed by atoms with Crippen molar-refractivity contribution >= 4 is 5.91 Å². The molecule has 0 heterocycles. The average molecular weight is 323 g/mol. The monoisotopic (exact) mass is 323 g/mol. The first kappa shape index (κ1) is 17.0. The first-order chi connectivity index (χ1) is 10.9. The number of hydrogen-bond acceptors (Lipinski definition) is 2. The minimum absolute atomic E-state index is 0.0639. The summed E-state index contributed by atoms with van der Waals surface area (Å²) < 4.78 is 39.4. The molecular weight excluding hydrogens is 307 g/mol. The highest BCUT2D eigenvalue weighted by Gasteiger charge is 2.19. The van der Waals surface area contributed by atoms with E-state index in [0.717, 1.165) is 18.2 Å². The highest BCUT2D eigenvalue weighted by molar-refractivity contribution is 5.79. The first-order valence-electron chi connectivity index (χ1n) is 7.03. The molecule has 0 fully saturated rings. The summed E-state index contributed by atoms with van der Waals surface area (Å²) in [7, 11) is 0. The maximum absolute atomic E-state index is 13.5. The molecule has 0 aliphatic heterocycles. The van der Waals surface area contributed by atoms with E-state index in [4.69, 9.17) is 0 Å². The van der Waals surface area contributed by atoms with Crippen molar-refractivity contribution in [2.75, 3.05) is 0 Å². The topological polar surface area (TPSA) is 49.3 Å². The zero-order chi connectivity index (χ0) is 17.0. The number of nitrogens with one attached hydrogen (secondary N) is 1. The highest BCUT2D eigenvalue weighted by atomic mass is 19.1. The molecule has 2 atom stereocenters. The Kier molecular flexibility index (Phi) is 5.39. The number of carbonyl (C=O) groups excluding carboxylic acids is 1. The molecule has 2 N–H and O–H groups in total. The SMILES string of the molecule is CC(NC(=O)Cc1cc(F)ccc1F)C(O)c1ccc(F)cc1. The van der Waals surface area contributed by atoms with E-state index in [1.807, 2.05) is 0 Å². The Balaban J connectivity index is 1.99. The summed E-state index contributed by atoms with van der Waals surface area (Å²) in [6, 6.07) is 7.43. The fraction of sp³-hybridized carbons (Fsp3) is 0.235. The lowest BCUT2D eigenvalue weighted by Gasteiger charge is -2.20. The summed E-state index contributed by atoms with van der Waals surface area (Å²) in [5.74, 6) is -2.29. The van der Waals surface area contributed by atoms with Crippen LogP contribution in [0.1, 0.15) is 24.2 Å². The number of benzene rings is 2. The van der Waals surface area contributed by atoms with Gasteiger partial charge < -0.3 is 10.4 Å². The van der Waals surface area contributed by atoms with Crippen molar-refractivity contribution in [3.05, 3.63) is 71.0 Å². The van der Waals surface area contributed by atoms with E-state index in [1.54, 1.807) is 6.92 Å². The van der Waals surface area contributed by atoms with Gasteiger partial charge in [-0.1, -0.05) is 12.1 Å². The Labute approximate surface area is 131 Å². The van der Waals surface area contributed by atoms with Gasteiger partial charge in [0.05, 0.1) is 18.6 Å². The number of aliphatic hydroxyl groups is 1. The Morgan fingerprint density at radius 2 is 1.70 bits per heavy atom. The van der Waals surface area contributed by atoms with Crippen LogP contribution in [0.15, 0.2) is 42.5 Å². The van der Waals surface area contributed by atoms with Gasteiger partial charge in [-0.25, -0.2) is 13.2 Å². The van der Waals surface area contributed by atoms with Crippen LogP contribution in [0.5, 0.6) is 0 Å². The third kappa shape index (κ3) is 4.56. The lowest BCUT2D eigenvalue weighted by Crippen LogP contribution is -2.38. The van der Waals surface area contributed by atoms with Crippen molar-refractivity contribution in [1.82, 2.24) is 5.32 Å². The Bertz CT molecular complexity index is 689. The zero-order valence-corrected chi connectivity index (χ0v) is 12.4. The van der Waals surface area contributed by atoms with Crippen LogP contribution in [0.3, 0.4) is 0 Å². The van der Waals surface area contributed by atoms with Crippen molar-refractivity contribution in [1.29, 1.82) is 0 Å². The van der Waals surface area contributed by atoms with Crippen LogP contribution in [0, 0.1) is 17.5 Å². The molecule has 0 saturated carbocycles. The zero-order valence-electron chi connectivity index (χ0n) is 12.4. The van der Waals surface area contributed by atoms with Gasteiger partial charge in [0.15, 0.2) is 0 Å². The standard InChI is InChI=1S/C17H16F3NO2/c1-10(17(23)11-2-4-13(18)5-3-11)21-16(22)9-12-8-14(19)6-7-15(12)20/h2-8,10,17,23H,9H2,1H3,(H,21,22). The maximum atomic E-state index is 13.5. The van der Waals surface area contributed by atoms with E-state index in [9.17, 15) is 23.1 Å². The van der Waals surface area contributed by atoms with Crippen LogP contribution < -0.4 is 5.32 Å². The molecule has 0 aromatic heterocycles. The normalized spacial score (nSPS) is 13.4. The molecule has 23 heavy (non-hydrogen) atoms. The summed E-state index contributed by atoms with van der Waals surface area (Å²) in [5.41, 5.74) is 0.377. The van der Waals surface area contributed by atoms with Gasteiger partial charge in [0.1, 0.15) is 17.5 Å². The molecule has 0 aliphatic rings. The second-order valence-corrected chi connectivity index (χ2v) is 5.27. The van der Waals surface area contributed by atoms with Crippen molar-refractivity contribution in [3.8, 4) is 0 Å². The minimum atomic E-state index is -1.04. The summed E-state index contributed by atoms with van der Waals surface area (Å²) in [6.07, 6.45) is -1.39. The van der Waals surface area contributed by atoms with Crippen molar-refractivity contribution in [3.63, 3.8) is 0 Å². The number of halogens is 3. The Morgan fingerprint density at radius 3 is 2.35 bits per heavy atom. The quantitative estimate of drug-likeness (QED) is 0.889. The smallest absolute Gasteiger partial charge is 0.224 e. The van der Waals surface area contributed by atoms with Crippen molar-refractivity contribution in [2.24, 2.45) is 0 Å². The van der Waals surface area contributed by atoms with E-state index in [2.05, 4.69) is 5.32 Å². The fourth-order valence-electron chi connectivity index (χ4n) is 2.18. The van der Waals surface area contributed by atoms with Crippen LogP contribution in [-0.2, 0) is 11.2 Å². The maximum Gasteiger partial charge on any atom is 0.224 e. The molecule has 0 aliphatic carbocycles. The van der Waals surface area contributed by atoms with Gasteiger partial charge in [-0.05, 0) is 42.8 Å². The molecule has 6 heteroatoms. The number of carbonyl (C=O) groups is 1. The summed E-state index contributed by atoms with van der Waals surface area (Å²) >= 11 is 0. The highest BCUT2D eigenvalue weighted by Crippen LogP contribution is 2.17. The molecule has 122 valence electrons. The van der Waals surface area contributed by atoms with Gasteiger partial charge in [0.25, 0.3) is 0 Å². The van der Waals surface area contributed by atoms with E-state index in [1.165, 1.54) is 24.3 Å². The van der Waals surface area contributed by atoms with Crippen LogP contribution in [-0.4, -0.2) is 17.1 Å². The van der Waals surface area contributed by atoms with Crippen LogP contribution in [0.4, 0.5) is 13.2 Å². The van der Waals surface area contributed by atoms with Gasteiger partial charge in [-0.2, -0.15) is 0 Å². The van der Waals surface area contributed by atoms with Crippen LogP contribution >= 0.6 is 0 Å².